The summed E-state index contributed by atoms with van der Waals surface area (Å²) in [6.45, 7) is 0.396. The van der Waals surface area contributed by atoms with E-state index in [1.165, 1.54) is 6.20 Å². The number of aryl methyl sites for hydroxylation is 1. The van der Waals surface area contributed by atoms with Gasteiger partial charge in [0.2, 0.25) is 0 Å². The van der Waals surface area contributed by atoms with E-state index in [1.807, 2.05) is 6.07 Å². The summed E-state index contributed by atoms with van der Waals surface area (Å²) in [5, 5.41) is 22.2. The van der Waals surface area contributed by atoms with Crippen LogP contribution in [-0.2, 0) is 12.6 Å². The molecular weight excluding hydrogens is 425 g/mol. The van der Waals surface area contributed by atoms with E-state index in [9.17, 15) is 18.0 Å². The van der Waals surface area contributed by atoms with Crippen LogP contribution in [0.3, 0.4) is 0 Å². The maximum absolute atomic E-state index is 12.6. The van der Waals surface area contributed by atoms with E-state index in [4.69, 9.17) is 22.6 Å². The van der Waals surface area contributed by atoms with E-state index in [1.54, 1.807) is 0 Å². The number of nitrogen functional groups attached to an aromatic ring is 1. The van der Waals surface area contributed by atoms with Crippen molar-refractivity contribution in [2.45, 2.75) is 19.0 Å². The zero-order chi connectivity index (χ0) is 21.9. The summed E-state index contributed by atoms with van der Waals surface area (Å²) in [4.78, 5) is 16.0. The number of halogens is 4. The topological polar surface area (TPSA) is 138 Å². The molecule has 3 rings (SSSR count). The summed E-state index contributed by atoms with van der Waals surface area (Å²) in [5.74, 6) is 0.0375. The van der Waals surface area contributed by atoms with Gasteiger partial charge < -0.3 is 11.1 Å². The lowest BCUT2D eigenvalue weighted by molar-refractivity contribution is -0.137. The second-order valence-electron chi connectivity index (χ2n) is 6.10. The Kier molecular flexibility index (Phi) is 5.93. The number of anilines is 2. The van der Waals surface area contributed by atoms with Crippen LogP contribution < -0.4 is 16.6 Å². The van der Waals surface area contributed by atoms with Gasteiger partial charge in [0, 0.05) is 12.7 Å². The third-order valence-corrected chi connectivity index (χ3v) is 4.48. The monoisotopic (exact) mass is 438 g/mol. The Morgan fingerprint density at radius 3 is 2.73 bits per heavy atom. The van der Waals surface area contributed by atoms with Crippen molar-refractivity contribution in [2.75, 3.05) is 17.6 Å². The summed E-state index contributed by atoms with van der Waals surface area (Å²) >= 11 is 6.08. The molecule has 0 saturated carbocycles. The molecule has 0 radical (unpaired) electrons. The molecule has 3 heterocycles. The summed E-state index contributed by atoms with van der Waals surface area (Å²) in [6.07, 6.45) is -1.60. The Bertz CT molecular complexity index is 1150. The predicted octanol–water partition coefficient (Wildman–Crippen LogP) is 2.52. The average molecular weight is 439 g/mol. The maximum Gasteiger partial charge on any atom is 0.417 e. The first kappa shape index (κ1) is 21.1. The number of nitrogens with one attached hydrogen (secondary N) is 2. The number of hydrogen-bond donors (Lipinski definition) is 3. The van der Waals surface area contributed by atoms with Crippen molar-refractivity contribution in [3.63, 3.8) is 0 Å². The highest BCUT2D eigenvalue weighted by atomic mass is 35.5. The fourth-order valence-corrected chi connectivity index (χ4v) is 2.78. The molecule has 0 bridgehead atoms. The number of hydrogen-bond acceptors (Lipinski definition) is 7. The minimum absolute atomic E-state index is 0.0951. The smallest absolute Gasteiger partial charge is 0.382 e. The first-order valence-electron chi connectivity index (χ1n) is 8.50. The normalized spacial score (nSPS) is 11.3. The predicted molar refractivity (Wildman–Crippen MR) is 102 cm³/mol. The molecule has 9 nitrogen and oxygen atoms in total. The number of alkyl halides is 3. The van der Waals surface area contributed by atoms with Crippen molar-refractivity contribution in [2.24, 2.45) is 0 Å². The van der Waals surface area contributed by atoms with Gasteiger partial charge in [0.05, 0.1) is 23.1 Å². The Labute approximate surface area is 172 Å². The van der Waals surface area contributed by atoms with Gasteiger partial charge >= 0.3 is 6.18 Å². The number of nitriles is 1. The highest BCUT2D eigenvalue weighted by molar-refractivity contribution is 6.32. The van der Waals surface area contributed by atoms with Crippen molar-refractivity contribution >= 4 is 23.1 Å². The molecule has 4 N–H and O–H groups in total. The Balaban J connectivity index is 1.68. The minimum Gasteiger partial charge on any atom is -0.382 e. The molecule has 156 valence electrons. The van der Waals surface area contributed by atoms with Crippen LogP contribution in [-0.4, -0.2) is 31.5 Å². The van der Waals surface area contributed by atoms with Gasteiger partial charge in [-0.1, -0.05) is 11.6 Å². The fraction of sp³-hybridized carbons (Fsp3) is 0.235. The van der Waals surface area contributed by atoms with Crippen LogP contribution >= 0.6 is 11.6 Å². The molecule has 0 aliphatic rings. The van der Waals surface area contributed by atoms with E-state index in [2.05, 4.69) is 25.6 Å². The SMILES string of the molecule is N#Cc1c(N)n[nH]c1CCCNc1cnn(-c2ccc(C(F)(F)F)cn2)c(=O)c1Cl. The van der Waals surface area contributed by atoms with Crippen molar-refractivity contribution in [1.29, 1.82) is 5.26 Å². The van der Waals surface area contributed by atoms with Crippen molar-refractivity contribution in [1.82, 2.24) is 25.0 Å². The first-order valence-corrected chi connectivity index (χ1v) is 8.88. The van der Waals surface area contributed by atoms with Crippen LogP contribution in [0.25, 0.3) is 5.82 Å². The Morgan fingerprint density at radius 1 is 1.33 bits per heavy atom. The van der Waals surface area contributed by atoms with Gasteiger partial charge in [-0.3, -0.25) is 9.89 Å². The average Bonchev–Trinajstić information content (AvgIpc) is 3.07. The summed E-state index contributed by atoms with van der Waals surface area (Å²) in [7, 11) is 0. The second-order valence-corrected chi connectivity index (χ2v) is 6.47. The number of H-pyrrole nitrogens is 1. The lowest BCUT2D eigenvalue weighted by atomic mass is 10.1. The summed E-state index contributed by atoms with van der Waals surface area (Å²) < 4.78 is 38.7. The van der Waals surface area contributed by atoms with Crippen LogP contribution in [0.4, 0.5) is 24.7 Å². The third-order valence-electron chi connectivity index (χ3n) is 4.11. The van der Waals surface area contributed by atoms with Crippen LogP contribution in [0.15, 0.2) is 29.3 Å². The number of nitrogens with zero attached hydrogens (tertiary/aromatic N) is 5. The Morgan fingerprint density at radius 2 is 2.10 bits per heavy atom. The van der Waals surface area contributed by atoms with Gasteiger partial charge in [0.1, 0.15) is 16.7 Å². The fourth-order valence-electron chi connectivity index (χ4n) is 2.59. The molecule has 30 heavy (non-hydrogen) atoms. The molecular formula is C17H14ClF3N8O. The van der Waals surface area contributed by atoms with E-state index in [-0.39, 0.29) is 22.3 Å². The zero-order valence-corrected chi connectivity index (χ0v) is 15.9. The van der Waals surface area contributed by atoms with Crippen LogP contribution in [0.1, 0.15) is 23.2 Å². The molecule has 0 amide bonds. The number of rotatable bonds is 6. The van der Waals surface area contributed by atoms with Gasteiger partial charge in [-0.15, -0.1) is 0 Å². The van der Waals surface area contributed by atoms with Gasteiger partial charge in [-0.25, -0.2) is 4.98 Å². The van der Waals surface area contributed by atoms with E-state index >= 15 is 0 Å². The highest BCUT2D eigenvalue weighted by Crippen LogP contribution is 2.28. The second kappa shape index (κ2) is 8.42. The third kappa shape index (κ3) is 4.36. The molecule has 0 atom stereocenters. The maximum atomic E-state index is 12.6. The van der Waals surface area contributed by atoms with Gasteiger partial charge in [0.25, 0.3) is 5.56 Å². The van der Waals surface area contributed by atoms with Gasteiger partial charge in [-0.05, 0) is 25.0 Å². The van der Waals surface area contributed by atoms with Gasteiger partial charge in [0.15, 0.2) is 11.6 Å². The van der Waals surface area contributed by atoms with Crippen LogP contribution in [0, 0.1) is 11.3 Å². The standard InChI is InChI=1S/C17H14ClF3N8O/c18-14-12(24-5-1-2-11-10(6-22)15(23)28-27-11)8-26-29(16(14)30)13-4-3-9(7-25-13)17(19,20)21/h3-4,7-8,24H,1-2,5H2,(H3,23,27,28). The minimum atomic E-state index is -4.54. The van der Waals surface area contributed by atoms with E-state index in [0.29, 0.717) is 36.8 Å². The van der Waals surface area contributed by atoms with Crippen molar-refractivity contribution < 1.29 is 13.2 Å². The number of aromatic amines is 1. The van der Waals surface area contributed by atoms with E-state index < -0.39 is 17.3 Å². The largest absolute Gasteiger partial charge is 0.417 e. The van der Waals surface area contributed by atoms with Crippen molar-refractivity contribution in [3.8, 4) is 11.9 Å². The van der Waals surface area contributed by atoms with E-state index in [0.717, 1.165) is 16.8 Å². The first-order chi connectivity index (χ1) is 14.2. The number of aromatic nitrogens is 5. The molecule has 3 aromatic rings. The molecule has 13 heteroatoms. The van der Waals surface area contributed by atoms with Crippen molar-refractivity contribution in [3.05, 3.63) is 56.7 Å². The lowest BCUT2D eigenvalue weighted by Gasteiger charge is -2.10. The highest BCUT2D eigenvalue weighted by Gasteiger charge is 2.30. The summed E-state index contributed by atoms with van der Waals surface area (Å²) in [6, 6.07) is 3.80. The molecule has 0 unspecified atom stereocenters. The molecule has 0 spiro atoms. The molecule has 0 aromatic carbocycles. The zero-order valence-electron chi connectivity index (χ0n) is 15.2. The molecule has 0 saturated heterocycles. The molecule has 0 fully saturated rings. The van der Waals surface area contributed by atoms with Crippen LogP contribution in [0.2, 0.25) is 5.02 Å². The number of nitrogens with two attached hydrogens (primary N) is 1. The molecule has 0 aliphatic heterocycles. The lowest BCUT2D eigenvalue weighted by Crippen LogP contribution is -2.24. The Hall–Kier alpha value is -3.59. The molecule has 3 aromatic heterocycles. The summed E-state index contributed by atoms with van der Waals surface area (Å²) in [5.41, 5.74) is 5.05. The number of pyridine rings is 1. The quantitative estimate of drug-likeness (QED) is 0.502. The molecule has 0 aliphatic carbocycles. The van der Waals surface area contributed by atoms with Gasteiger partial charge in [-0.2, -0.15) is 33.3 Å². The van der Waals surface area contributed by atoms with Crippen LogP contribution in [0.5, 0.6) is 0 Å².